The molecule has 2 aromatic rings. The molecule has 108 valence electrons. The Morgan fingerprint density at radius 2 is 2.25 bits per heavy atom. The molecule has 0 saturated carbocycles. The van der Waals surface area contributed by atoms with Crippen molar-refractivity contribution in [2.45, 2.75) is 33.0 Å². The van der Waals surface area contributed by atoms with Crippen LogP contribution in [0.5, 0.6) is 5.75 Å². The minimum absolute atomic E-state index is 0.527. The predicted octanol–water partition coefficient (Wildman–Crippen LogP) is 3.35. The lowest BCUT2D eigenvalue weighted by molar-refractivity contribution is 0.289. The van der Waals surface area contributed by atoms with E-state index in [0.717, 1.165) is 41.0 Å². The van der Waals surface area contributed by atoms with Crippen LogP contribution in [0.2, 0.25) is 0 Å². The van der Waals surface area contributed by atoms with Gasteiger partial charge in [-0.1, -0.05) is 19.1 Å². The van der Waals surface area contributed by atoms with Gasteiger partial charge in [0.05, 0.1) is 22.7 Å². The molecule has 1 aromatic heterocycles. The van der Waals surface area contributed by atoms with Crippen molar-refractivity contribution in [3.8, 4) is 5.75 Å². The van der Waals surface area contributed by atoms with Crippen LogP contribution in [-0.2, 0) is 19.7 Å². The molecule has 5 heteroatoms. The first-order valence-electron chi connectivity index (χ1n) is 6.80. The van der Waals surface area contributed by atoms with Crippen LogP contribution in [0.3, 0.4) is 0 Å². The van der Waals surface area contributed by atoms with E-state index in [1.807, 2.05) is 31.7 Å². The molecule has 0 aliphatic rings. The molecule has 0 radical (unpaired) electrons. The van der Waals surface area contributed by atoms with Crippen LogP contribution in [0.25, 0.3) is 0 Å². The van der Waals surface area contributed by atoms with Crippen molar-refractivity contribution in [1.82, 2.24) is 14.9 Å². The first-order chi connectivity index (χ1) is 9.76. The SMILES string of the molecule is CCCn1cncc1COc1c(Br)cccc1CNC. The Morgan fingerprint density at radius 1 is 1.40 bits per heavy atom. The van der Waals surface area contributed by atoms with E-state index in [1.165, 1.54) is 0 Å². The minimum atomic E-state index is 0.527. The summed E-state index contributed by atoms with van der Waals surface area (Å²) in [5.41, 5.74) is 2.24. The molecule has 0 fully saturated rings. The molecule has 20 heavy (non-hydrogen) atoms. The Kier molecular flexibility index (Phi) is 5.61. The van der Waals surface area contributed by atoms with E-state index in [2.05, 4.69) is 43.8 Å². The van der Waals surface area contributed by atoms with E-state index in [-0.39, 0.29) is 0 Å². The highest BCUT2D eigenvalue weighted by Crippen LogP contribution is 2.29. The lowest BCUT2D eigenvalue weighted by Gasteiger charge is -2.14. The van der Waals surface area contributed by atoms with Gasteiger partial charge in [0, 0.05) is 18.7 Å². The highest BCUT2D eigenvalue weighted by Gasteiger charge is 2.09. The molecule has 4 nitrogen and oxygen atoms in total. The molecule has 0 saturated heterocycles. The smallest absolute Gasteiger partial charge is 0.138 e. The summed E-state index contributed by atoms with van der Waals surface area (Å²) in [6, 6.07) is 6.09. The number of halogens is 1. The number of aromatic nitrogens is 2. The van der Waals surface area contributed by atoms with Gasteiger partial charge in [0.25, 0.3) is 0 Å². The number of aryl methyl sites for hydroxylation is 1. The van der Waals surface area contributed by atoms with Crippen molar-refractivity contribution in [3.05, 3.63) is 46.5 Å². The van der Waals surface area contributed by atoms with E-state index in [9.17, 15) is 0 Å². The average Bonchev–Trinajstić information content (AvgIpc) is 2.86. The van der Waals surface area contributed by atoms with Gasteiger partial charge in [-0.05, 0) is 35.5 Å². The number of benzene rings is 1. The fraction of sp³-hybridized carbons (Fsp3) is 0.400. The highest BCUT2D eigenvalue weighted by atomic mass is 79.9. The zero-order valence-electron chi connectivity index (χ0n) is 11.9. The Morgan fingerprint density at radius 3 is 3.00 bits per heavy atom. The molecule has 1 aromatic carbocycles. The zero-order chi connectivity index (χ0) is 14.4. The van der Waals surface area contributed by atoms with Crippen LogP contribution in [0.4, 0.5) is 0 Å². The number of nitrogens with one attached hydrogen (secondary N) is 1. The average molecular weight is 338 g/mol. The standard InChI is InChI=1S/C15H20BrN3O/c1-3-7-19-11-18-9-13(19)10-20-15-12(8-17-2)5-4-6-14(15)16/h4-6,9,11,17H,3,7-8,10H2,1-2H3. The highest BCUT2D eigenvalue weighted by molar-refractivity contribution is 9.10. The molecule has 1 N–H and O–H groups in total. The summed E-state index contributed by atoms with van der Waals surface area (Å²) in [5, 5.41) is 3.16. The number of imidazole rings is 1. The molecule has 0 aliphatic heterocycles. The van der Waals surface area contributed by atoms with E-state index in [4.69, 9.17) is 4.74 Å². The van der Waals surface area contributed by atoms with Crippen LogP contribution in [0.1, 0.15) is 24.6 Å². The zero-order valence-corrected chi connectivity index (χ0v) is 13.5. The maximum atomic E-state index is 6.00. The van der Waals surface area contributed by atoms with Gasteiger partial charge >= 0.3 is 0 Å². The summed E-state index contributed by atoms with van der Waals surface area (Å²) >= 11 is 3.56. The van der Waals surface area contributed by atoms with Gasteiger partial charge in [-0.25, -0.2) is 4.98 Å². The quantitative estimate of drug-likeness (QED) is 0.841. The maximum Gasteiger partial charge on any atom is 0.138 e. The second-order valence-electron chi connectivity index (χ2n) is 4.63. The van der Waals surface area contributed by atoms with Crippen LogP contribution in [-0.4, -0.2) is 16.6 Å². The number of nitrogens with zero attached hydrogens (tertiary/aromatic N) is 2. The molecule has 1 heterocycles. The Hall–Kier alpha value is -1.33. The largest absolute Gasteiger partial charge is 0.486 e. The lowest BCUT2D eigenvalue weighted by Crippen LogP contribution is -2.09. The molecular weight excluding hydrogens is 318 g/mol. The molecule has 2 rings (SSSR count). The van der Waals surface area contributed by atoms with Gasteiger partial charge in [-0.2, -0.15) is 0 Å². The maximum absolute atomic E-state index is 6.00. The predicted molar refractivity (Wildman–Crippen MR) is 83.8 cm³/mol. The molecule has 0 aliphatic carbocycles. The van der Waals surface area contributed by atoms with Crippen molar-refractivity contribution in [2.75, 3.05) is 7.05 Å². The van der Waals surface area contributed by atoms with Crippen molar-refractivity contribution in [1.29, 1.82) is 0 Å². The van der Waals surface area contributed by atoms with Crippen molar-refractivity contribution >= 4 is 15.9 Å². The van der Waals surface area contributed by atoms with Gasteiger partial charge in [-0.15, -0.1) is 0 Å². The lowest BCUT2D eigenvalue weighted by atomic mass is 10.2. The summed E-state index contributed by atoms with van der Waals surface area (Å²) in [6.45, 7) is 4.43. The number of hydrogen-bond acceptors (Lipinski definition) is 3. The van der Waals surface area contributed by atoms with Crippen LogP contribution in [0.15, 0.2) is 35.2 Å². The summed E-state index contributed by atoms with van der Waals surface area (Å²) in [5.74, 6) is 0.895. The minimum Gasteiger partial charge on any atom is -0.486 e. The van der Waals surface area contributed by atoms with Crippen LogP contribution in [0, 0.1) is 0 Å². The topological polar surface area (TPSA) is 39.1 Å². The van der Waals surface area contributed by atoms with Crippen LogP contribution < -0.4 is 10.1 Å². The van der Waals surface area contributed by atoms with Crippen molar-refractivity contribution in [2.24, 2.45) is 0 Å². The summed E-state index contributed by atoms with van der Waals surface area (Å²) in [4.78, 5) is 4.19. The molecule has 0 atom stereocenters. The second kappa shape index (κ2) is 7.45. The summed E-state index contributed by atoms with van der Waals surface area (Å²) in [7, 11) is 1.93. The monoisotopic (exact) mass is 337 g/mol. The number of ether oxygens (including phenoxy) is 1. The molecule has 0 bridgehead atoms. The number of rotatable bonds is 7. The molecule has 0 amide bonds. The Labute approximate surface area is 128 Å². The van der Waals surface area contributed by atoms with Gasteiger partial charge < -0.3 is 14.6 Å². The fourth-order valence-electron chi connectivity index (χ4n) is 2.10. The third-order valence-corrected chi connectivity index (χ3v) is 3.67. The number of para-hydroxylation sites is 1. The fourth-order valence-corrected chi connectivity index (χ4v) is 2.62. The Bertz CT molecular complexity index is 554. The molecule has 0 unspecified atom stereocenters. The van der Waals surface area contributed by atoms with E-state index < -0.39 is 0 Å². The second-order valence-corrected chi connectivity index (χ2v) is 5.48. The summed E-state index contributed by atoms with van der Waals surface area (Å²) in [6.07, 6.45) is 4.81. The van der Waals surface area contributed by atoms with E-state index in [0.29, 0.717) is 6.61 Å². The van der Waals surface area contributed by atoms with Crippen molar-refractivity contribution in [3.63, 3.8) is 0 Å². The van der Waals surface area contributed by atoms with E-state index >= 15 is 0 Å². The molecular formula is C15H20BrN3O. The van der Waals surface area contributed by atoms with Crippen molar-refractivity contribution < 1.29 is 4.74 Å². The van der Waals surface area contributed by atoms with Gasteiger partial charge in [0.15, 0.2) is 0 Å². The van der Waals surface area contributed by atoms with Gasteiger partial charge in [-0.3, -0.25) is 0 Å². The van der Waals surface area contributed by atoms with Crippen LogP contribution >= 0.6 is 15.9 Å². The third kappa shape index (κ3) is 3.61. The van der Waals surface area contributed by atoms with Gasteiger partial charge in [0.2, 0.25) is 0 Å². The first-order valence-corrected chi connectivity index (χ1v) is 7.59. The normalized spacial score (nSPS) is 10.8. The summed E-state index contributed by atoms with van der Waals surface area (Å²) < 4.78 is 9.12. The number of hydrogen-bond donors (Lipinski definition) is 1. The first kappa shape index (κ1) is 15.1. The van der Waals surface area contributed by atoms with E-state index in [1.54, 1.807) is 0 Å². The third-order valence-electron chi connectivity index (χ3n) is 3.04. The Balaban J connectivity index is 2.12. The molecule has 0 spiro atoms. The van der Waals surface area contributed by atoms with Gasteiger partial charge in [0.1, 0.15) is 12.4 Å².